The molecule has 0 spiro atoms. The highest BCUT2D eigenvalue weighted by Crippen LogP contribution is 2.27. The number of thiazole rings is 1. The van der Waals surface area contributed by atoms with Gasteiger partial charge < -0.3 is 10.2 Å². The molecular weight excluding hydrogens is 420 g/mol. The molecule has 0 saturated carbocycles. The van der Waals surface area contributed by atoms with Gasteiger partial charge in [0.2, 0.25) is 5.91 Å². The zero-order valence-electron chi connectivity index (χ0n) is 16.9. The molecule has 31 heavy (non-hydrogen) atoms. The summed E-state index contributed by atoms with van der Waals surface area (Å²) in [6.07, 6.45) is 1.15. The fraction of sp³-hybridized carbons (Fsp3) is 0.261. The molecule has 2 aromatic carbocycles. The van der Waals surface area contributed by atoms with Gasteiger partial charge in [0.25, 0.3) is 5.91 Å². The first-order chi connectivity index (χ1) is 14.9. The lowest BCUT2D eigenvalue weighted by atomic mass is 9.95. The number of aromatic nitrogens is 1. The Kier molecular flexibility index (Phi) is 6.08. The van der Waals surface area contributed by atoms with Crippen molar-refractivity contribution < 1.29 is 18.4 Å². The summed E-state index contributed by atoms with van der Waals surface area (Å²) in [6.45, 7) is 2.95. The van der Waals surface area contributed by atoms with Gasteiger partial charge in [0.05, 0.1) is 5.69 Å². The van der Waals surface area contributed by atoms with E-state index >= 15 is 0 Å². The Balaban J connectivity index is 1.34. The molecule has 1 saturated heterocycles. The minimum Gasteiger partial charge on any atom is -0.339 e. The van der Waals surface area contributed by atoms with Gasteiger partial charge in [-0.2, -0.15) is 0 Å². The van der Waals surface area contributed by atoms with E-state index < -0.39 is 11.6 Å². The molecule has 8 heteroatoms. The fourth-order valence-electron chi connectivity index (χ4n) is 3.65. The summed E-state index contributed by atoms with van der Waals surface area (Å²) in [5.41, 5.74) is 2.54. The minimum atomic E-state index is -0.942. The number of rotatable bonds is 4. The normalized spacial score (nSPS) is 14.5. The van der Waals surface area contributed by atoms with Gasteiger partial charge in [0, 0.05) is 35.5 Å². The molecule has 0 unspecified atom stereocenters. The Morgan fingerprint density at radius 3 is 2.55 bits per heavy atom. The molecule has 0 bridgehead atoms. The first kappa shape index (κ1) is 21.1. The third-order valence-corrected chi connectivity index (χ3v) is 6.24. The van der Waals surface area contributed by atoms with E-state index in [0.29, 0.717) is 47.9 Å². The third-order valence-electron chi connectivity index (χ3n) is 5.48. The van der Waals surface area contributed by atoms with E-state index in [1.54, 1.807) is 10.3 Å². The van der Waals surface area contributed by atoms with Crippen molar-refractivity contribution in [3.8, 4) is 11.3 Å². The number of benzene rings is 2. The monoisotopic (exact) mass is 441 g/mol. The maximum absolute atomic E-state index is 13.4. The summed E-state index contributed by atoms with van der Waals surface area (Å²) in [4.78, 5) is 31.5. The largest absolute Gasteiger partial charge is 0.339 e. The number of hydrogen-bond donors (Lipinski definition) is 1. The second kappa shape index (κ2) is 8.93. The van der Waals surface area contributed by atoms with Crippen LogP contribution in [0.15, 0.2) is 47.8 Å². The number of halogens is 2. The number of hydrogen-bond acceptors (Lipinski definition) is 4. The van der Waals surface area contributed by atoms with Crippen molar-refractivity contribution >= 4 is 28.3 Å². The molecule has 0 radical (unpaired) electrons. The van der Waals surface area contributed by atoms with E-state index in [1.807, 2.05) is 31.2 Å². The number of piperidine rings is 1. The first-order valence-corrected chi connectivity index (χ1v) is 10.9. The maximum Gasteiger partial charge on any atom is 0.254 e. The number of carbonyl (C=O) groups excluding carboxylic acids is 2. The quantitative estimate of drug-likeness (QED) is 0.627. The molecular formula is C23H21F2N3O2S. The zero-order chi connectivity index (χ0) is 22.0. The molecule has 2 heterocycles. The Morgan fingerprint density at radius 1 is 1.10 bits per heavy atom. The molecule has 1 fully saturated rings. The number of amides is 2. The lowest BCUT2D eigenvalue weighted by Crippen LogP contribution is -2.41. The SMILES string of the molecule is Cc1ccccc1C(=O)N1CCC(C(=O)Nc2nc(-c3ccc(F)c(F)c3)cs2)CC1. The van der Waals surface area contributed by atoms with Gasteiger partial charge >= 0.3 is 0 Å². The van der Waals surface area contributed by atoms with Crippen LogP contribution in [-0.4, -0.2) is 34.8 Å². The number of likely N-dealkylation sites (tertiary alicyclic amines) is 1. The van der Waals surface area contributed by atoms with Gasteiger partial charge in [-0.25, -0.2) is 13.8 Å². The zero-order valence-corrected chi connectivity index (χ0v) is 17.7. The Labute approximate surface area is 182 Å². The van der Waals surface area contributed by atoms with E-state index in [2.05, 4.69) is 10.3 Å². The Morgan fingerprint density at radius 2 is 1.84 bits per heavy atom. The second-order valence-corrected chi connectivity index (χ2v) is 8.40. The highest BCUT2D eigenvalue weighted by molar-refractivity contribution is 7.14. The van der Waals surface area contributed by atoms with E-state index in [4.69, 9.17) is 0 Å². The van der Waals surface area contributed by atoms with Crippen molar-refractivity contribution in [1.29, 1.82) is 0 Å². The highest BCUT2D eigenvalue weighted by Gasteiger charge is 2.28. The molecule has 1 aliphatic rings. The van der Waals surface area contributed by atoms with Crippen molar-refractivity contribution in [2.75, 3.05) is 18.4 Å². The van der Waals surface area contributed by atoms with Crippen LogP contribution < -0.4 is 5.32 Å². The van der Waals surface area contributed by atoms with Crippen LogP contribution in [0.25, 0.3) is 11.3 Å². The van der Waals surface area contributed by atoms with Crippen LogP contribution in [0.3, 0.4) is 0 Å². The molecule has 5 nitrogen and oxygen atoms in total. The average Bonchev–Trinajstić information content (AvgIpc) is 3.24. The van der Waals surface area contributed by atoms with Crippen LogP contribution in [0.2, 0.25) is 0 Å². The minimum absolute atomic E-state index is 0.00643. The van der Waals surface area contributed by atoms with Crippen molar-refractivity contribution in [3.63, 3.8) is 0 Å². The number of nitrogens with zero attached hydrogens (tertiary/aromatic N) is 2. The molecule has 4 rings (SSSR count). The van der Waals surface area contributed by atoms with Crippen molar-refractivity contribution in [1.82, 2.24) is 9.88 Å². The summed E-state index contributed by atoms with van der Waals surface area (Å²) in [6, 6.07) is 11.1. The van der Waals surface area contributed by atoms with Gasteiger partial charge in [-0.15, -0.1) is 11.3 Å². The standard InChI is InChI=1S/C23H21F2N3O2S/c1-14-4-2-3-5-17(14)22(30)28-10-8-15(9-11-28)21(29)27-23-26-20(13-31-23)16-6-7-18(24)19(25)12-16/h2-7,12-13,15H,8-11H2,1H3,(H,26,27,29). The van der Waals surface area contributed by atoms with Crippen LogP contribution in [0.5, 0.6) is 0 Å². The molecule has 0 atom stereocenters. The summed E-state index contributed by atoms with van der Waals surface area (Å²) in [5, 5.41) is 4.90. The van der Waals surface area contributed by atoms with Crippen molar-refractivity contribution in [3.05, 3.63) is 70.6 Å². The molecule has 1 aromatic heterocycles. The maximum atomic E-state index is 13.4. The predicted octanol–water partition coefficient (Wildman–Crippen LogP) is 4.89. The second-order valence-electron chi connectivity index (χ2n) is 7.54. The fourth-order valence-corrected chi connectivity index (χ4v) is 4.38. The van der Waals surface area contributed by atoms with Gasteiger partial charge in [0.1, 0.15) is 0 Å². The molecule has 160 valence electrons. The van der Waals surface area contributed by atoms with Gasteiger partial charge in [-0.3, -0.25) is 9.59 Å². The molecule has 1 N–H and O–H groups in total. The Bertz CT molecular complexity index is 1120. The number of nitrogens with one attached hydrogen (secondary N) is 1. The summed E-state index contributed by atoms with van der Waals surface area (Å²) >= 11 is 1.23. The Hall–Kier alpha value is -3.13. The smallest absolute Gasteiger partial charge is 0.254 e. The lowest BCUT2D eigenvalue weighted by Gasteiger charge is -2.31. The third kappa shape index (κ3) is 4.64. The average molecular weight is 442 g/mol. The van der Waals surface area contributed by atoms with Crippen LogP contribution in [0.4, 0.5) is 13.9 Å². The highest BCUT2D eigenvalue weighted by atomic mass is 32.1. The van der Waals surface area contributed by atoms with E-state index in [-0.39, 0.29) is 17.7 Å². The van der Waals surface area contributed by atoms with E-state index in [9.17, 15) is 18.4 Å². The summed E-state index contributed by atoms with van der Waals surface area (Å²) < 4.78 is 26.6. The van der Waals surface area contributed by atoms with Gasteiger partial charge in [-0.05, 0) is 49.6 Å². The lowest BCUT2D eigenvalue weighted by molar-refractivity contribution is -0.121. The molecule has 0 aliphatic carbocycles. The summed E-state index contributed by atoms with van der Waals surface area (Å²) in [7, 11) is 0. The van der Waals surface area contributed by atoms with Crippen LogP contribution in [0.1, 0.15) is 28.8 Å². The predicted molar refractivity (Wildman–Crippen MR) is 116 cm³/mol. The van der Waals surface area contributed by atoms with Crippen molar-refractivity contribution in [2.24, 2.45) is 5.92 Å². The van der Waals surface area contributed by atoms with Crippen molar-refractivity contribution in [2.45, 2.75) is 19.8 Å². The number of aryl methyl sites for hydroxylation is 1. The van der Waals surface area contributed by atoms with Crippen LogP contribution in [0, 0.1) is 24.5 Å². The summed E-state index contributed by atoms with van der Waals surface area (Å²) in [5.74, 6) is -2.22. The molecule has 3 aromatic rings. The van der Waals surface area contributed by atoms with Gasteiger partial charge in [0.15, 0.2) is 16.8 Å². The molecule has 1 aliphatic heterocycles. The number of anilines is 1. The van der Waals surface area contributed by atoms with Gasteiger partial charge in [-0.1, -0.05) is 18.2 Å². The van der Waals surface area contributed by atoms with E-state index in [0.717, 1.165) is 17.7 Å². The molecule has 2 amide bonds. The number of carbonyl (C=O) groups is 2. The van der Waals surface area contributed by atoms with Crippen LogP contribution >= 0.6 is 11.3 Å². The van der Waals surface area contributed by atoms with E-state index in [1.165, 1.54) is 17.4 Å². The van der Waals surface area contributed by atoms with Crippen LogP contribution in [-0.2, 0) is 4.79 Å². The topological polar surface area (TPSA) is 62.3 Å². The first-order valence-electron chi connectivity index (χ1n) is 9.99.